The lowest BCUT2D eigenvalue weighted by molar-refractivity contribution is -0.384. The van der Waals surface area contributed by atoms with Crippen LogP contribution in [0.25, 0.3) is 0 Å². The number of nitro groups is 1. The molecule has 0 amide bonds. The SMILES string of the molecule is NC(=S)NN=Cc1cnc([N+](=O)[O-])s1. The second kappa shape index (κ2) is 4.58. The van der Waals surface area contributed by atoms with Gasteiger partial charge in [0.15, 0.2) is 11.3 Å². The number of rotatable bonds is 3. The molecule has 1 aromatic heterocycles. The standard InChI is InChI=1S/C5H5N5O2S2/c6-4(13)9-8-2-3-1-7-5(14-3)10(11)12/h1-2H,(H3,6,9,13). The van der Waals surface area contributed by atoms with E-state index < -0.39 is 4.92 Å². The summed E-state index contributed by atoms with van der Waals surface area (Å²) in [6.07, 6.45) is 2.69. The summed E-state index contributed by atoms with van der Waals surface area (Å²) in [5.41, 5.74) is 7.42. The first-order chi connectivity index (χ1) is 6.59. The molecule has 14 heavy (non-hydrogen) atoms. The highest BCUT2D eigenvalue weighted by Crippen LogP contribution is 2.17. The molecule has 0 saturated carbocycles. The molecule has 1 aromatic rings. The predicted molar refractivity (Wildman–Crippen MR) is 56.3 cm³/mol. The van der Waals surface area contributed by atoms with Crippen molar-refractivity contribution >= 4 is 40.0 Å². The van der Waals surface area contributed by atoms with Gasteiger partial charge in [-0.1, -0.05) is 0 Å². The molecule has 7 nitrogen and oxygen atoms in total. The molecule has 0 bridgehead atoms. The minimum atomic E-state index is -0.566. The minimum absolute atomic E-state index is 0.0280. The molecular weight excluding hydrogens is 226 g/mol. The van der Waals surface area contributed by atoms with Crippen LogP contribution in [-0.4, -0.2) is 21.2 Å². The molecule has 1 heterocycles. The van der Waals surface area contributed by atoms with Gasteiger partial charge in [0.05, 0.1) is 11.1 Å². The summed E-state index contributed by atoms with van der Waals surface area (Å²) in [5.74, 6) is 0. The summed E-state index contributed by atoms with van der Waals surface area (Å²) in [6.45, 7) is 0. The van der Waals surface area contributed by atoms with Crippen molar-refractivity contribution in [2.75, 3.05) is 0 Å². The van der Waals surface area contributed by atoms with E-state index in [4.69, 9.17) is 5.73 Å². The number of nitrogens with one attached hydrogen (secondary N) is 1. The molecule has 0 fully saturated rings. The molecule has 0 radical (unpaired) electrons. The lowest BCUT2D eigenvalue weighted by Gasteiger charge is -1.90. The predicted octanol–water partition coefficient (Wildman–Crippen LogP) is 0.218. The largest absolute Gasteiger partial charge is 0.423 e. The average molecular weight is 231 g/mol. The van der Waals surface area contributed by atoms with Crippen LogP contribution in [0.15, 0.2) is 11.3 Å². The Balaban J connectivity index is 2.64. The van der Waals surface area contributed by atoms with Gasteiger partial charge in [0.1, 0.15) is 0 Å². The quantitative estimate of drug-likeness (QED) is 0.333. The Morgan fingerprint density at radius 2 is 2.64 bits per heavy atom. The number of thiocarbonyl (C=S) groups is 1. The Morgan fingerprint density at radius 3 is 3.14 bits per heavy atom. The van der Waals surface area contributed by atoms with Crippen LogP contribution < -0.4 is 11.2 Å². The zero-order valence-electron chi connectivity index (χ0n) is 6.71. The van der Waals surface area contributed by atoms with Crippen LogP contribution in [0.2, 0.25) is 0 Å². The number of nitrogens with zero attached hydrogens (tertiary/aromatic N) is 3. The molecule has 0 spiro atoms. The number of hydrogen-bond donors (Lipinski definition) is 2. The van der Waals surface area contributed by atoms with Gasteiger partial charge in [-0.25, -0.2) is 0 Å². The van der Waals surface area contributed by atoms with E-state index in [1.165, 1.54) is 12.4 Å². The fraction of sp³-hybridized carbons (Fsp3) is 0. The van der Waals surface area contributed by atoms with Crippen LogP contribution in [0.4, 0.5) is 5.13 Å². The lowest BCUT2D eigenvalue weighted by Crippen LogP contribution is -2.23. The van der Waals surface area contributed by atoms with Gasteiger partial charge < -0.3 is 15.8 Å². The third-order valence-corrected chi connectivity index (χ3v) is 2.01. The van der Waals surface area contributed by atoms with Crippen LogP contribution in [0.1, 0.15) is 4.88 Å². The van der Waals surface area contributed by atoms with Crippen molar-refractivity contribution < 1.29 is 4.92 Å². The Hall–Kier alpha value is -1.61. The molecule has 1 rings (SSSR count). The molecule has 0 aliphatic heterocycles. The van der Waals surface area contributed by atoms with Crippen LogP contribution in [0.3, 0.4) is 0 Å². The van der Waals surface area contributed by atoms with Gasteiger partial charge in [0.2, 0.25) is 0 Å². The highest BCUT2D eigenvalue weighted by Gasteiger charge is 2.10. The number of hydrazone groups is 1. The zero-order chi connectivity index (χ0) is 10.6. The molecule has 9 heteroatoms. The van der Waals surface area contributed by atoms with Crippen molar-refractivity contribution in [1.29, 1.82) is 0 Å². The topological polar surface area (TPSA) is 106 Å². The fourth-order valence-electron chi connectivity index (χ4n) is 0.581. The summed E-state index contributed by atoms with van der Waals surface area (Å²) < 4.78 is 0. The Bertz CT molecular complexity index is 387. The van der Waals surface area contributed by atoms with E-state index in [0.717, 1.165) is 11.3 Å². The molecule has 0 unspecified atom stereocenters. The third-order valence-electron chi connectivity index (χ3n) is 1.03. The van der Waals surface area contributed by atoms with Crippen molar-refractivity contribution in [3.63, 3.8) is 0 Å². The molecule has 0 aliphatic carbocycles. The second-order valence-corrected chi connectivity index (χ2v) is 3.52. The normalized spacial score (nSPS) is 10.3. The molecule has 74 valence electrons. The van der Waals surface area contributed by atoms with E-state index in [-0.39, 0.29) is 10.2 Å². The third kappa shape index (κ3) is 3.03. The van der Waals surface area contributed by atoms with E-state index in [1.54, 1.807) is 0 Å². The molecule has 0 saturated heterocycles. The zero-order valence-corrected chi connectivity index (χ0v) is 8.34. The molecule has 0 atom stereocenters. The van der Waals surface area contributed by atoms with Crippen molar-refractivity contribution in [2.45, 2.75) is 0 Å². The van der Waals surface area contributed by atoms with Crippen molar-refractivity contribution in [2.24, 2.45) is 10.8 Å². The number of hydrogen-bond acceptors (Lipinski definition) is 6. The van der Waals surface area contributed by atoms with E-state index in [2.05, 4.69) is 27.7 Å². The van der Waals surface area contributed by atoms with Crippen molar-refractivity contribution in [1.82, 2.24) is 10.4 Å². The van der Waals surface area contributed by atoms with Gasteiger partial charge in [-0.3, -0.25) is 5.43 Å². The maximum atomic E-state index is 10.2. The highest BCUT2D eigenvalue weighted by atomic mass is 32.1. The average Bonchev–Trinajstić information content (AvgIpc) is 2.52. The Labute approximate surface area is 87.8 Å². The van der Waals surface area contributed by atoms with Gasteiger partial charge in [0.25, 0.3) is 0 Å². The summed E-state index contributed by atoms with van der Waals surface area (Å²) >= 11 is 5.40. The molecule has 0 aliphatic rings. The molecule has 0 aromatic carbocycles. The smallest absolute Gasteiger partial charge is 0.375 e. The molecule has 3 N–H and O–H groups in total. The van der Waals surface area contributed by atoms with Crippen LogP contribution in [0, 0.1) is 10.1 Å². The minimum Gasteiger partial charge on any atom is -0.375 e. The number of nitrogens with two attached hydrogens (primary N) is 1. The first kappa shape index (κ1) is 10.5. The second-order valence-electron chi connectivity index (χ2n) is 2.04. The van der Waals surface area contributed by atoms with E-state index in [0.29, 0.717) is 4.88 Å². The van der Waals surface area contributed by atoms with Crippen LogP contribution >= 0.6 is 23.6 Å². The van der Waals surface area contributed by atoms with Crippen LogP contribution in [0.5, 0.6) is 0 Å². The van der Waals surface area contributed by atoms with Crippen molar-refractivity contribution in [3.8, 4) is 0 Å². The summed E-state index contributed by atoms with van der Waals surface area (Å²) in [7, 11) is 0. The van der Waals surface area contributed by atoms with Gasteiger partial charge in [0, 0.05) is 0 Å². The Morgan fingerprint density at radius 1 is 1.93 bits per heavy atom. The number of aromatic nitrogens is 1. The van der Waals surface area contributed by atoms with Gasteiger partial charge in [-0.05, 0) is 33.5 Å². The maximum absolute atomic E-state index is 10.2. The monoisotopic (exact) mass is 231 g/mol. The van der Waals surface area contributed by atoms with Crippen LogP contribution in [-0.2, 0) is 0 Å². The summed E-state index contributed by atoms with van der Waals surface area (Å²) in [6, 6.07) is 0. The van der Waals surface area contributed by atoms with E-state index >= 15 is 0 Å². The van der Waals surface area contributed by atoms with Gasteiger partial charge in [-0.2, -0.15) is 5.10 Å². The first-order valence-electron chi connectivity index (χ1n) is 3.28. The summed E-state index contributed by atoms with van der Waals surface area (Å²) in [4.78, 5) is 13.8. The lowest BCUT2D eigenvalue weighted by atomic mass is 10.6. The van der Waals surface area contributed by atoms with Gasteiger partial charge in [-0.15, -0.1) is 0 Å². The maximum Gasteiger partial charge on any atom is 0.423 e. The summed E-state index contributed by atoms with van der Waals surface area (Å²) in [5, 5.41) is 13.7. The van der Waals surface area contributed by atoms with Crippen molar-refractivity contribution in [3.05, 3.63) is 21.2 Å². The Kier molecular flexibility index (Phi) is 3.42. The number of thiazole rings is 1. The van der Waals surface area contributed by atoms with Gasteiger partial charge >= 0.3 is 5.13 Å². The van der Waals surface area contributed by atoms with E-state index in [1.807, 2.05) is 0 Å². The molecular formula is C5H5N5O2S2. The first-order valence-corrected chi connectivity index (χ1v) is 4.51. The highest BCUT2D eigenvalue weighted by molar-refractivity contribution is 7.80. The van der Waals surface area contributed by atoms with E-state index in [9.17, 15) is 10.1 Å². The fourth-order valence-corrected chi connectivity index (χ4v) is 1.23.